The molecule has 138 valence electrons. The Morgan fingerprint density at radius 3 is 2.67 bits per heavy atom. The maximum absolute atomic E-state index is 12.0. The molecule has 2 aromatic carbocycles. The Labute approximate surface area is 155 Å². The summed E-state index contributed by atoms with van der Waals surface area (Å²) >= 11 is 0. The average molecular weight is 366 g/mol. The van der Waals surface area contributed by atoms with Gasteiger partial charge in [0.2, 0.25) is 0 Å². The lowest BCUT2D eigenvalue weighted by molar-refractivity contribution is -0.147. The molecule has 3 rings (SSSR count). The van der Waals surface area contributed by atoms with E-state index in [0.717, 1.165) is 5.56 Å². The van der Waals surface area contributed by atoms with Crippen molar-refractivity contribution < 1.29 is 23.5 Å². The van der Waals surface area contributed by atoms with Crippen LogP contribution in [0.3, 0.4) is 0 Å². The van der Waals surface area contributed by atoms with Gasteiger partial charge in [-0.15, -0.1) is 0 Å². The second-order valence-corrected chi connectivity index (χ2v) is 6.12. The molecule has 0 spiro atoms. The number of Topliss-reactive ketones (excluding diaryl/α,β-unsaturated/α-hetero) is 1. The minimum absolute atomic E-state index is 0.0686. The number of rotatable bonds is 6. The number of aryl methyl sites for hydroxylation is 1. The van der Waals surface area contributed by atoms with Crippen molar-refractivity contribution >= 4 is 22.7 Å². The SMILES string of the molecule is CC(=O)c1cccc(OCC(=O)OCc2cc(=O)oc3cc(C)ccc23)c1. The van der Waals surface area contributed by atoms with Crippen molar-refractivity contribution in [3.63, 3.8) is 0 Å². The van der Waals surface area contributed by atoms with Crippen LogP contribution in [0.2, 0.25) is 0 Å². The van der Waals surface area contributed by atoms with Crippen LogP contribution in [-0.2, 0) is 16.1 Å². The third-order valence-corrected chi connectivity index (χ3v) is 3.97. The van der Waals surface area contributed by atoms with Gasteiger partial charge in [-0.25, -0.2) is 9.59 Å². The summed E-state index contributed by atoms with van der Waals surface area (Å²) in [4.78, 5) is 35.0. The minimum Gasteiger partial charge on any atom is -0.482 e. The van der Waals surface area contributed by atoms with Gasteiger partial charge in [-0.3, -0.25) is 4.79 Å². The van der Waals surface area contributed by atoms with Crippen LogP contribution >= 0.6 is 0 Å². The highest BCUT2D eigenvalue weighted by Gasteiger charge is 2.10. The van der Waals surface area contributed by atoms with Gasteiger partial charge < -0.3 is 13.9 Å². The van der Waals surface area contributed by atoms with Gasteiger partial charge in [0.25, 0.3) is 0 Å². The molecule has 27 heavy (non-hydrogen) atoms. The monoisotopic (exact) mass is 366 g/mol. The number of benzene rings is 2. The molecule has 0 fully saturated rings. The van der Waals surface area contributed by atoms with E-state index in [2.05, 4.69) is 0 Å². The van der Waals surface area contributed by atoms with Crippen LogP contribution < -0.4 is 10.4 Å². The molecule has 0 saturated carbocycles. The molecule has 0 aliphatic rings. The Morgan fingerprint density at radius 1 is 1.07 bits per heavy atom. The summed E-state index contributed by atoms with van der Waals surface area (Å²) in [6, 6.07) is 13.3. The normalized spacial score (nSPS) is 10.6. The fourth-order valence-electron chi connectivity index (χ4n) is 2.60. The summed E-state index contributed by atoms with van der Waals surface area (Å²) in [6.45, 7) is 2.97. The molecular weight excluding hydrogens is 348 g/mol. The van der Waals surface area contributed by atoms with Crippen molar-refractivity contribution in [1.82, 2.24) is 0 Å². The summed E-state index contributed by atoms with van der Waals surface area (Å²) in [5.74, 6) is -0.272. The largest absolute Gasteiger partial charge is 0.482 e. The zero-order valence-corrected chi connectivity index (χ0v) is 15.0. The highest BCUT2D eigenvalue weighted by atomic mass is 16.6. The quantitative estimate of drug-likeness (QED) is 0.378. The van der Waals surface area contributed by atoms with Crippen molar-refractivity contribution in [3.05, 3.63) is 75.6 Å². The Balaban J connectivity index is 1.64. The lowest BCUT2D eigenvalue weighted by Gasteiger charge is -2.09. The maximum atomic E-state index is 12.0. The smallest absolute Gasteiger partial charge is 0.344 e. The number of ketones is 1. The predicted molar refractivity (Wildman–Crippen MR) is 99.0 cm³/mol. The van der Waals surface area contributed by atoms with Gasteiger partial charge in [-0.05, 0) is 37.6 Å². The number of esters is 1. The fraction of sp³-hybridized carbons (Fsp3) is 0.190. The molecule has 0 atom stereocenters. The lowest BCUT2D eigenvalue weighted by atomic mass is 10.1. The molecule has 1 aromatic heterocycles. The van der Waals surface area contributed by atoms with Crippen molar-refractivity contribution in [2.75, 3.05) is 6.61 Å². The molecule has 0 aliphatic carbocycles. The maximum Gasteiger partial charge on any atom is 0.344 e. The van der Waals surface area contributed by atoms with Gasteiger partial charge in [0.05, 0.1) is 0 Å². The van der Waals surface area contributed by atoms with Crippen LogP contribution in [-0.4, -0.2) is 18.4 Å². The minimum atomic E-state index is -0.586. The molecular formula is C21H18O6. The van der Waals surface area contributed by atoms with Gasteiger partial charge >= 0.3 is 11.6 Å². The number of carbonyl (C=O) groups is 2. The number of carbonyl (C=O) groups excluding carboxylic acids is 2. The fourth-order valence-corrected chi connectivity index (χ4v) is 2.60. The highest BCUT2D eigenvalue weighted by molar-refractivity contribution is 5.94. The summed E-state index contributed by atoms with van der Waals surface area (Å²) in [5.41, 5.74) is 1.97. The molecule has 1 heterocycles. The molecule has 0 aliphatic heterocycles. The van der Waals surface area contributed by atoms with Gasteiger partial charge in [-0.2, -0.15) is 0 Å². The highest BCUT2D eigenvalue weighted by Crippen LogP contribution is 2.19. The first-order chi connectivity index (χ1) is 12.9. The van der Waals surface area contributed by atoms with E-state index in [-0.39, 0.29) is 19.0 Å². The first-order valence-electron chi connectivity index (χ1n) is 8.35. The van der Waals surface area contributed by atoms with E-state index in [1.54, 1.807) is 30.3 Å². The number of fused-ring (bicyclic) bond motifs is 1. The third kappa shape index (κ3) is 4.61. The van der Waals surface area contributed by atoms with Crippen LogP contribution in [0.15, 0.2) is 57.7 Å². The van der Waals surface area contributed by atoms with E-state index >= 15 is 0 Å². The predicted octanol–water partition coefficient (Wildman–Crippen LogP) is 3.43. The first-order valence-corrected chi connectivity index (χ1v) is 8.35. The van der Waals surface area contributed by atoms with E-state index < -0.39 is 11.6 Å². The third-order valence-electron chi connectivity index (χ3n) is 3.97. The standard InChI is InChI=1S/C21H18O6/c1-13-6-7-18-16(10-20(23)27-19(18)8-13)11-26-21(24)12-25-17-5-3-4-15(9-17)14(2)22/h3-10H,11-12H2,1-2H3. The molecule has 0 N–H and O–H groups in total. The van der Waals surface area contributed by atoms with Crippen LogP contribution in [0, 0.1) is 6.92 Å². The van der Waals surface area contributed by atoms with Crippen molar-refractivity contribution in [2.45, 2.75) is 20.5 Å². The number of hydrogen-bond donors (Lipinski definition) is 0. The average Bonchev–Trinajstić information content (AvgIpc) is 2.64. The Hall–Kier alpha value is -3.41. The summed E-state index contributed by atoms with van der Waals surface area (Å²) in [6.07, 6.45) is 0. The second kappa shape index (κ2) is 7.86. The summed E-state index contributed by atoms with van der Waals surface area (Å²) in [5, 5.41) is 0.711. The van der Waals surface area contributed by atoms with E-state index in [1.165, 1.54) is 13.0 Å². The van der Waals surface area contributed by atoms with Crippen LogP contribution in [0.25, 0.3) is 11.0 Å². The molecule has 0 amide bonds. The Kier molecular flexibility index (Phi) is 5.35. The molecule has 0 unspecified atom stereocenters. The van der Waals surface area contributed by atoms with Crippen molar-refractivity contribution in [2.24, 2.45) is 0 Å². The zero-order chi connectivity index (χ0) is 19.4. The molecule has 3 aromatic rings. The Bertz CT molecular complexity index is 1060. The van der Waals surface area contributed by atoms with Crippen LogP contribution in [0.4, 0.5) is 0 Å². The molecule has 0 bridgehead atoms. The summed E-state index contributed by atoms with van der Waals surface area (Å²) < 4.78 is 15.8. The van der Waals surface area contributed by atoms with Gasteiger partial charge in [0, 0.05) is 22.6 Å². The van der Waals surface area contributed by atoms with Gasteiger partial charge in [0.15, 0.2) is 12.4 Å². The van der Waals surface area contributed by atoms with Crippen molar-refractivity contribution in [1.29, 1.82) is 0 Å². The van der Waals surface area contributed by atoms with Crippen molar-refractivity contribution in [3.8, 4) is 5.75 Å². The lowest BCUT2D eigenvalue weighted by Crippen LogP contribution is -2.15. The molecule has 6 heteroatoms. The Morgan fingerprint density at radius 2 is 1.89 bits per heavy atom. The van der Waals surface area contributed by atoms with Crippen LogP contribution in [0.5, 0.6) is 5.75 Å². The first kappa shape index (κ1) is 18.4. The second-order valence-electron chi connectivity index (χ2n) is 6.12. The topological polar surface area (TPSA) is 82.8 Å². The number of ether oxygens (including phenoxy) is 2. The summed E-state index contributed by atoms with van der Waals surface area (Å²) in [7, 11) is 0. The zero-order valence-electron chi connectivity index (χ0n) is 15.0. The van der Waals surface area contributed by atoms with E-state index in [9.17, 15) is 14.4 Å². The van der Waals surface area contributed by atoms with E-state index in [4.69, 9.17) is 13.9 Å². The molecule has 6 nitrogen and oxygen atoms in total. The van der Waals surface area contributed by atoms with Gasteiger partial charge in [0.1, 0.15) is 17.9 Å². The van der Waals surface area contributed by atoms with E-state index in [1.807, 2.05) is 19.1 Å². The molecule has 0 radical (unpaired) electrons. The van der Waals surface area contributed by atoms with E-state index in [0.29, 0.717) is 27.8 Å². The van der Waals surface area contributed by atoms with Gasteiger partial charge in [-0.1, -0.05) is 24.3 Å². The number of hydrogen-bond acceptors (Lipinski definition) is 6. The van der Waals surface area contributed by atoms with Crippen LogP contribution in [0.1, 0.15) is 28.4 Å². The molecule has 0 saturated heterocycles.